The lowest BCUT2D eigenvalue weighted by atomic mass is 9.95. The van der Waals surface area contributed by atoms with E-state index in [0.717, 1.165) is 71.0 Å². The third-order valence-corrected chi connectivity index (χ3v) is 9.06. The lowest BCUT2D eigenvalue weighted by molar-refractivity contribution is -0.164. The monoisotopic (exact) mass is 642 g/mol. The number of aryl methyl sites for hydroxylation is 3. The van der Waals surface area contributed by atoms with Gasteiger partial charge in [-0.15, -0.1) is 0 Å². The minimum absolute atomic E-state index is 0.491. The van der Waals surface area contributed by atoms with Gasteiger partial charge in [-0.3, -0.25) is 0 Å². The molecule has 2 aliphatic rings. The highest BCUT2D eigenvalue weighted by molar-refractivity contribution is 5.85. The second-order valence-corrected chi connectivity index (χ2v) is 13.6. The molecule has 0 unspecified atom stereocenters. The van der Waals surface area contributed by atoms with Gasteiger partial charge < -0.3 is 19.1 Å². The van der Waals surface area contributed by atoms with E-state index in [2.05, 4.69) is 84.6 Å². The summed E-state index contributed by atoms with van der Waals surface area (Å²) in [6.45, 7) is 11.9. The first-order chi connectivity index (χ1) is 23.1. The lowest BCUT2D eigenvalue weighted by Crippen LogP contribution is -2.33. The molecule has 6 bridgehead atoms. The number of hydrogen-bond donors (Lipinski definition) is 0. The Hall–Kier alpha value is -4.95. The Morgan fingerprint density at radius 1 is 0.958 bits per heavy atom. The zero-order valence-corrected chi connectivity index (χ0v) is 28.5. The smallest absolute Gasteiger partial charge is 0.339 e. The summed E-state index contributed by atoms with van der Waals surface area (Å²) in [5, 5.41) is 5.21. The fraction of sp³-hybridized carbons (Fsp3) is 0.325. The predicted octanol–water partition coefficient (Wildman–Crippen LogP) is 8.08. The van der Waals surface area contributed by atoms with Crippen molar-refractivity contribution >= 4 is 17.3 Å². The molecule has 0 saturated heterocycles. The molecule has 0 amide bonds. The fourth-order valence-electron chi connectivity index (χ4n) is 6.82. The average molecular weight is 643 g/mol. The molecule has 0 N–H and O–H groups in total. The Labute approximate surface area is 282 Å². The Morgan fingerprint density at radius 2 is 1.77 bits per heavy atom. The molecule has 8 heteroatoms. The van der Waals surface area contributed by atoms with Crippen LogP contribution in [0.3, 0.4) is 0 Å². The Balaban J connectivity index is 1.54. The summed E-state index contributed by atoms with van der Waals surface area (Å²) >= 11 is 0. The van der Waals surface area contributed by atoms with Crippen LogP contribution in [-0.2, 0) is 20.7 Å². The summed E-state index contributed by atoms with van der Waals surface area (Å²) in [6, 6.07) is 23.4. The van der Waals surface area contributed by atoms with Gasteiger partial charge in [0.05, 0.1) is 36.3 Å². The van der Waals surface area contributed by atoms with Crippen LogP contribution in [-0.4, -0.2) is 53.0 Å². The van der Waals surface area contributed by atoms with Crippen molar-refractivity contribution in [3.8, 4) is 39.4 Å². The van der Waals surface area contributed by atoms with Gasteiger partial charge in [-0.2, -0.15) is 5.10 Å². The molecular formula is C40H42N4O4. The minimum Gasteiger partial charge on any atom is -0.490 e. The number of nitrogens with zero attached hydrogens (tertiary/aromatic N) is 4. The van der Waals surface area contributed by atoms with Gasteiger partial charge in [-0.05, 0) is 87.9 Å². The second-order valence-electron chi connectivity index (χ2n) is 13.6. The van der Waals surface area contributed by atoms with E-state index in [1.54, 1.807) is 0 Å². The number of esters is 1. The molecule has 8 nitrogen and oxygen atoms in total. The van der Waals surface area contributed by atoms with Gasteiger partial charge in [0.25, 0.3) is 0 Å². The van der Waals surface area contributed by atoms with E-state index in [0.29, 0.717) is 23.5 Å². The molecule has 48 heavy (non-hydrogen) atoms. The summed E-state index contributed by atoms with van der Waals surface area (Å²) in [7, 11) is 1.39. The zero-order chi connectivity index (χ0) is 33.6. The van der Waals surface area contributed by atoms with Crippen molar-refractivity contribution in [1.29, 1.82) is 0 Å². The number of benzene rings is 3. The minimum atomic E-state index is -1.03. The van der Waals surface area contributed by atoms with Crippen molar-refractivity contribution in [2.45, 2.75) is 59.2 Å². The van der Waals surface area contributed by atoms with Crippen molar-refractivity contribution in [2.75, 3.05) is 31.7 Å². The maximum absolute atomic E-state index is 13.5. The number of rotatable bonds is 3. The van der Waals surface area contributed by atoms with E-state index < -0.39 is 17.7 Å². The van der Waals surface area contributed by atoms with Gasteiger partial charge in [-0.1, -0.05) is 54.6 Å². The van der Waals surface area contributed by atoms with Crippen LogP contribution in [0.2, 0.25) is 0 Å². The summed E-state index contributed by atoms with van der Waals surface area (Å²) in [5.41, 5.74) is 10.4. The molecule has 2 aliphatic heterocycles. The Morgan fingerprint density at radius 3 is 2.58 bits per heavy atom. The maximum atomic E-state index is 13.5. The van der Waals surface area contributed by atoms with Crippen LogP contribution in [0.5, 0.6) is 5.75 Å². The molecule has 0 aliphatic carbocycles. The van der Waals surface area contributed by atoms with E-state index in [9.17, 15) is 4.79 Å². The molecule has 0 fully saturated rings. The molecule has 4 heterocycles. The largest absolute Gasteiger partial charge is 0.490 e. The average Bonchev–Trinajstić information content (AvgIpc) is 3.49. The topological polar surface area (TPSA) is 78.2 Å². The van der Waals surface area contributed by atoms with Gasteiger partial charge in [-0.25, -0.2) is 14.3 Å². The summed E-state index contributed by atoms with van der Waals surface area (Å²) < 4.78 is 19.9. The van der Waals surface area contributed by atoms with E-state index in [-0.39, 0.29) is 0 Å². The van der Waals surface area contributed by atoms with Crippen molar-refractivity contribution in [3.63, 3.8) is 0 Å². The summed E-state index contributed by atoms with van der Waals surface area (Å²) in [4.78, 5) is 20.9. The lowest BCUT2D eigenvalue weighted by Gasteiger charge is -2.32. The predicted molar refractivity (Wildman–Crippen MR) is 190 cm³/mol. The van der Waals surface area contributed by atoms with Crippen molar-refractivity contribution in [1.82, 2.24) is 14.6 Å². The van der Waals surface area contributed by atoms with E-state index in [1.165, 1.54) is 18.2 Å². The van der Waals surface area contributed by atoms with Crippen LogP contribution in [0, 0.1) is 13.8 Å². The highest BCUT2D eigenvalue weighted by Crippen LogP contribution is 2.43. The summed E-state index contributed by atoms with van der Waals surface area (Å²) in [6.07, 6.45) is 5.39. The highest BCUT2D eigenvalue weighted by atomic mass is 16.6. The number of methoxy groups -OCH3 is 1. The van der Waals surface area contributed by atoms with Crippen LogP contribution in [0.4, 0.5) is 5.69 Å². The quantitative estimate of drug-likeness (QED) is 0.145. The number of hydrogen-bond acceptors (Lipinski definition) is 7. The number of ether oxygens (including phenoxy) is 3. The number of anilines is 1. The number of carbonyl (C=O) groups is 1. The molecule has 0 radical (unpaired) electrons. The van der Waals surface area contributed by atoms with Gasteiger partial charge in [0.1, 0.15) is 12.4 Å². The molecule has 5 aromatic rings. The standard InChI is InChI=1S/C40H42N4O4/c1-25-21-34-33-23-31(25)37-36(38(39(45)46-6)48-40(3,4)5)26(2)41-35-24-32(42-44(35)37)29-16-12-15-28(22-29)30-17-10-9-14-27(30)13-8-7-11-18-43(33)19-20-47-34/h7,9-12,14-17,21-24,38H,8,13,18-20H2,1-6H3/t38-/m0/s1. The molecular weight excluding hydrogens is 600 g/mol. The first kappa shape index (κ1) is 31.6. The van der Waals surface area contributed by atoms with E-state index in [1.807, 2.05) is 38.3 Å². The van der Waals surface area contributed by atoms with Crippen LogP contribution in [0.15, 0.2) is 78.9 Å². The fourth-order valence-corrected chi connectivity index (χ4v) is 6.82. The number of aromatic nitrogens is 3. The Kier molecular flexibility index (Phi) is 8.29. The molecule has 3 aromatic carbocycles. The zero-order valence-electron chi connectivity index (χ0n) is 28.5. The molecule has 246 valence electrons. The highest BCUT2D eigenvalue weighted by Gasteiger charge is 2.35. The number of allylic oxidation sites excluding steroid dienone is 1. The SMILES string of the molecule is COC(=O)[C@@H](OC(C)(C)C)c1c(C)nc2cc3nn2c1-c1cc2c(cc1C)OCCN2CC=CCCc1ccccc1-c1cccc-3c1. The third-order valence-electron chi connectivity index (χ3n) is 9.06. The maximum Gasteiger partial charge on any atom is 0.339 e. The molecule has 2 aromatic heterocycles. The van der Waals surface area contributed by atoms with Crippen LogP contribution in [0.1, 0.15) is 55.7 Å². The number of fused-ring (bicyclic) bond motifs is 8. The van der Waals surface area contributed by atoms with Crippen molar-refractivity contribution in [3.05, 3.63) is 101 Å². The third kappa shape index (κ3) is 5.97. The van der Waals surface area contributed by atoms with Crippen molar-refractivity contribution < 1.29 is 19.0 Å². The van der Waals surface area contributed by atoms with E-state index in [4.69, 9.17) is 24.3 Å². The molecule has 0 saturated carbocycles. The van der Waals surface area contributed by atoms with Crippen LogP contribution < -0.4 is 9.64 Å². The van der Waals surface area contributed by atoms with Gasteiger partial charge in [0.2, 0.25) is 0 Å². The normalized spacial score (nSPS) is 15.0. The van der Waals surface area contributed by atoms with Crippen LogP contribution in [0.25, 0.3) is 39.3 Å². The van der Waals surface area contributed by atoms with Gasteiger partial charge >= 0.3 is 5.97 Å². The molecule has 1 atom stereocenters. The van der Waals surface area contributed by atoms with Crippen LogP contribution >= 0.6 is 0 Å². The van der Waals surface area contributed by atoms with Gasteiger partial charge in [0, 0.05) is 35.0 Å². The van der Waals surface area contributed by atoms with Crippen molar-refractivity contribution in [2.24, 2.45) is 0 Å². The Bertz CT molecular complexity index is 2050. The van der Waals surface area contributed by atoms with E-state index >= 15 is 0 Å². The number of carbonyl (C=O) groups excluding carboxylic acids is 1. The first-order valence-electron chi connectivity index (χ1n) is 16.6. The molecule has 0 spiro atoms. The first-order valence-corrected chi connectivity index (χ1v) is 16.6. The summed E-state index contributed by atoms with van der Waals surface area (Å²) in [5.74, 6) is 0.352. The second kappa shape index (κ2) is 12.6. The van der Waals surface area contributed by atoms with Gasteiger partial charge in [0.15, 0.2) is 11.8 Å². The molecule has 7 rings (SSSR count).